The van der Waals surface area contributed by atoms with Gasteiger partial charge in [-0.2, -0.15) is 5.26 Å². The fourth-order valence-corrected chi connectivity index (χ4v) is 4.27. The summed E-state index contributed by atoms with van der Waals surface area (Å²) in [5.41, 5.74) is 7.66. The van der Waals surface area contributed by atoms with Gasteiger partial charge in [-0.1, -0.05) is 54.7 Å². The van der Waals surface area contributed by atoms with Crippen LogP contribution in [0.2, 0.25) is 0 Å². The molecule has 3 aromatic carbocycles. The maximum Gasteiger partial charge on any atom is 0.0994 e. The van der Waals surface area contributed by atoms with Gasteiger partial charge in [-0.3, -0.25) is 0 Å². The Morgan fingerprint density at radius 2 is 1.68 bits per heavy atom. The molecule has 0 saturated heterocycles. The molecule has 1 aliphatic rings. The first-order valence-electron chi connectivity index (χ1n) is 8.25. The summed E-state index contributed by atoms with van der Waals surface area (Å²) in [6.45, 7) is 6.26. The van der Waals surface area contributed by atoms with Crippen molar-refractivity contribution < 1.29 is 0 Å². The molecule has 3 aromatic rings. The lowest BCUT2D eigenvalue weighted by Crippen LogP contribution is -2.00. The molecule has 0 aliphatic carbocycles. The molecule has 0 saturated carbocycles. The third-order valence-electron chi connectivity index (χ3n) is 4.68. The van der Waals surface area contributed by atoms with Crippen LogP contribution in [0.25, 0.3) is 5.57 Å². The largest absolute Gasteiger partial charge is 0.192 e. The van der Waals surface area contributed by atoms with Gasteiger partial charge >= 0.3 is 0 Å². The molecule has 0 radical (unpaired) electrons. The van der Waals surface area contributed by atoms with Crippen molar-refractivity contribution in [3.63, 3.8) is 0 Å². The van der Waals surface area contributed by atoms with Crippen LogP contribution < -0.4 is 0 Å². The van der Waals surface area contributed by atoms with E-state index in [2.05, 4.69) is 55.1 Å². The van der Waals surface area contributed by atoms with Gasteiger partial charge in [-0.15, -0.1) is 0 Å². The van der Waals surface area contributed by atoms with Crippen LogP contribution in [0.1, 0.15) is 33.4 Å². The fraction of sp³-hybridized carbons (Fsp3) is 0.0870. The number of aryl methyl sites for hydroxylation is 1. The van der Waals surface area contributed by atoms with Crippen molar-refractivity contribution in [2.45, 2.75) is 23.1 Å². The molecule has 0 amide bonds. The molecule has 1 aliphatic heterocycles. The molecular formula is C23H17NS. The SMILES string of the molecule is C=C(c1ccc(C#N)c(C)c1)c1ccc2c(c1)Cc1ccccc1S2. The third-order valence-corrected chi connectivity index (χ3v) is 5.91. The highest BCUT2D eigenvalue weighted by atomic mass is 32.2. The molecule has 0 aromatic heterocycles. The molecule has 0 N–H and O–H groups in total. The predicted octanol–water partition coefficient (Wildman–Crippen LogP) is 5.98. The molecule has 0 fully saturated rings. The molecule has 0 unspecified atom stereocenters. The lowest BCUT2D eigenvalue weighted by molar-refractivity contribution is 1.05. The average molecular weight is 339 g/mol. The van der Waals surface area contributed by atoms with Gasteiger partial charge < -0.3 is 0 Å². The summed E-state index contributed by atoms with van der Waals surface area (Å²) in [7, 11) is 0. The third kappa shape index (κ3) is 2.88. The van der Waals surface area contributed by atoms with E-state index in [1.165, 1.54) is 20.9 Å². The van der Waals surface area contributed by atoms with Crippen LogP contribution in [0.15, 0.2) is 77.0 Å². The van der Waals surface area contributed by atoms with Crippen molar-refractivity contribution >= 4 is 17.3 Å². The maximum absolute atomic E-state index is 9.10. The summed E-state index contributed by atoms with van der Waals surface area (Å²) < 4.78 is 0. The van der Waals surface area contributed by atoms with Crippen LogP contribution in [0.4, 0.5) is 0 Å². The topological polar surface area (TPSA) is 23.8 Å². The van der Waals surface area contributed by atoms with Crippen molar-refractivity contribution in [1.82, 2.24) is 0 Å². The van der Waals surface area contributed by atoms with E-state index in [-0.39, 0.29) is 0 Å². The zero-order valence-electron chi connectivity index (χ0n) is 14.0. The molecule has 25 heavy (non-hydrogen) atoms. The van der Waals surface area contributed by atoms with Crippen LogP contribution in [0.3, 0.4) is 0 Å². The Balaban J connectivity index is 1.68. The fourth-order valence-electron chi connectivity index (χ4n) is 3.22. The lowest BCUT2D eigenvalue weighted by Gasteiger charge is -2.20. The van der Waals surface area contributed by atoms with E-state index in [0.29, 0.717) is 0 Å². The zero-order chi connectivity index (χ0) is 17.4. The van der Waals surface area contributed by atoms with Crippen LogP contribution in [0.5, 0.6) is 0 Å². The van der Waals surface area contributed by atoms with Crippen LogP contribution in [-0.4, -0.2) is 0 Å². The number of nitriles is 1. The second-order valence-electron chi connectivity index (χ2n) is 6.33. The van der Waals surface area contributed by atoms with E-state index in [0.717, 1.165) is 34.2 Å². The normalized spacial score (nSPS) is 12.0. The maximum atomic E-state index is 9.10. The van der Waals surface area contributed by atoms with E-state index in [1.807, 2.05) is 36.9 Å². The first-order valence-corrected chi connectivity index (χ1v) is 9.06. The van der Waals surface area contributed by atoms with Crippen molar-refractivity contribution in [3.8, 4) is 6.07 Å². The molecule has 2 heteroatoms. The van der Waals surface area contributed by atoms with Gasteiger partial charge in [0.05, 0.1) is 11.6 Å². The number of nitrogens with zero attached hydrogens (tertiary/aromatic N) is 1. The van der Waals surface area contributed by atoms with E-state index in [9.17, 15) is 0 Å². The number of fused-ring (bicyclic) bond motifs is 2. The number of hydrogen-bond donors (Lipinski definition) is 0. The Kier molecular flexibility index (Phi) is 3.95. The van der Waals surface area contributed by atoms with Gasteiger partial charge in [-0.25, -0.2) is 0 Å². The minimum absolute atomic E-state index is 0.718. The number of benzene rings is 3. The minimum Gasteiger partial charge on any atom is -0.192 e. The Labute approximate surface area is 152 Å². The Hall–Kier alpha value is -2.76. The van der Waals surface area contributed by atoms with Crippen molar-refractivity contribution in [2.24, 2.45) is 0 Å². The van der Waals surface area contributed by atoms with Gasteiger partial charge in [0.1, 0.15) is 0 Å². The Bertz CT molecular complexity index is 1040. The Morgan fingerprint density at radius 3 is 2.48 bits per heavy atom. The molecule has 0 atom stereocenters. The molecule has 4 rings (SSSR count). The van der Waals surface area contributed by atoms with Crippen molar-refractivity contribution in [1.29, 1.82) is 5.26 Å². The summed E-state index contributed by atoms with van der Waals surface area (Å²) in [6.07, 6.45) is 0.964. The molecular weight excluding hydrogens is 322 g/mol. The minimum atomic E-state index is 0.718. The van der Waals surface area contributed by atoms with E-state index in [1.54, 1.807) is 0 Å². The van der Waals surface area contributed by atoms with Crippen molar-refractivity contribution in [2.75, 3.05) is 0 Å². The van der Waals surface area contributed by atoms with E-state index in [4.69, 9.17) is 5.26 Å². The number of hydrogen-bond acceptors (Lipinski definition) is 2. The smallest absolute Gasteiger partial charge is 0.0994 e. The predicted molar refractivity (Wildman–Crippen MR) is 104 cm³/mol. The monoisotopic (exact) mass is 339 g/mol. The van der Waals surface area contributed by atoms with Crippen molar-refractivity contribution in [3.05, 3.63) is 101 Å². The standard InChI is InChI=1S/C23H17NS/c1-15-11-17(7-8-20(15)14-24)16(2)18-9-10-23-21(12-18)13-19-5-3-4-6-22(19)25-23/h3-12H,2,13H2,1H3. The summed E-state index contributed by atoms with van der Waals surface area (Å²) in [5, 5.41) is 9.10. The molecule has 0 spiro atoms. The first kappa shape index (κ1) is 15.7. The van der Waals surface area contributed by atoms with E-state index < -0.39 is 0 Å². The highest BCUT2D eigenvalue weighted by molar-refractivity contribution is 7.99. The summed E-state index contributed by atoms with van der Waals surface area (Å²) in [5.74, 6) is 0. The highest BCUT2D eigenvalue weighted by Gasteiger charge is 2.16. The number of rotatable bonds is 2. The molecule has 120 valence electrons. The van der Waals surface area contributed by atoms with Gasteiger partial charge in [0.2, 0.25) is 0 Å². The second-order valence-corrected chi connectivity index (χ2v) is 7.41. The summed E-state index contributed by atoms with van der Waals surface area (Å²) >= 11 is 1.84. The van der Waals surface area contributed by atoms with Gasteiger partial charge in [0, 0.05) is 9.79 Å². The highest BCUT2D eigenvalue weighted by Crippen LogP contribution is 2.40. The quantitative estimate of drug-likeness (QED) is 0.448. The molecule has 0 bridgehead atoms. The summed E-state index contributed by atoms with van der Waals surface area (Å²) in [4.78, 5) is 2.68. The van der Waals surface area contributed by atoms with Crippen LogP contribution >= 0.6 is 11.8 Å². The Morgan fingerprint density at radius 1 is 0.960 bits per heavy atom. The van der Waals surface area contributed by atoms with Gasteiger partial charge in [-0.05, 0) is 71.0 Å². The molecule has 1 nitrogen and oxygen atoms in total. The van der Waals surface area contributed by atoms with Gasteiger partial charge in [0.15, 0.2) is 0 Å². The second kappa shape index (κ2) is 6.27. The van der Waals surface area contributed by atoms with Gasteiger partial charge in [0.25, 0.3) is 0 Å². The molecule has 1 heterocycles. The van der Waals surface area contributed by atoms with E-state index >= 15 is 0 Å². The van der Waals surface area contributed by atoms with Crippen LogP contribution in [-0.2, 0) is 6.42 Å². The van der Waals surface area contributed by atoms with Crippen LogP contribution in [0, 0.1) is 18.3 Å². The lowest BCUT2D eigenvalue weighted by atomic mass is 9.94. The summed E-state index contributed by atoms with van der Waals surface area (Å²) in [6, 6.07) is 23.3. The first-order chi connectivity index (χ1) is 12.2. The zero-order valence-corrected chi connectivity index (χ0v) is 14.9. The average Bonchev–Trinajstić information content (AvgIpc) is 2.65.